The van der Waals surface area contributed by atoms with Crippen LogP contribution in [0.15, 0.2) is 41.0 Å². The molecule has 1 atom stereocenters. The number of furan rings is 1. The van der Waals surface area contributed by atoms with Crippen LogP contribution in [-0.2, 0) is 11.3 Å². The number of carbonyl (C=O) groups is 1. The van der Waals surface area contributed by atoms with Crippen molar-refractivity contribution in [2.75, 3.05) is 31.5 Å². The highest BCUT2D eigenvalue weighted by molar-refractivity contribution is 6.35. The van der Waals surface area contributed by atoms with Crippen molar-refractivity contribution < 1.29 is 9.21 Å². The fraction of sp³-hybridized carbons (Fsp3) is 0.389. The summed E-state index contributed by atoms with van der Waals surface area (Å²) in [4.78, 5) is 17.0. The second-order valence-corrected chi connectivity index (χ2v) is 7.02. The monoisotopic (exact) mass is 381 g/mol. The first kappa shape index (κ1) is 18.3. The molecule has 5 nitrogen and oxygen atoms in total. The van der Waals surface area contributed by atoms with Crippen molar-refractivity contribution in [1.82, 2.24) is 9.80 Å². The fourth-order valence-electron chi connectivity index (χ4n) is 2.93. The highest BCUT2D eigenvalue weighted by Crippen LogP contribution is 2.25. The Kier molecular flexibility index (Phi) is 6.02. The second-order valence-electron chi connectivity index (χ2n) is 6.18. The predicted molar refractivity (Wildman–Crippen MR) is 100 cm³/mol. The summed E-state index contributed by atoms with van der Waals surface area (Å²) in [5, 5.41) is 3.89. The Balaban J connectivity index is 1.52. The summed E-state index contributed by atoms with van der Waals surface area (Å²) in [6.45, 7) is 6.18. The standard InChI is InChI=1S/C18H21Cl2N3O2/c1-13(18(24)21-17-11-14(19)4-5-16(17)20)23-8-6-22(7-9-23)12-15-3-2-10-25-15/h2-5,10-11,13H,6-9,12H2,1H3,(H,21,24)/t13-/m0/s1. The van der Waals surface area contributed by atoms with E-state index in [1.807, 2.05) is 19.1 Å². The molecule has 1 fully saturated rings. The van der Waals surface area contributed by atoms with E-state index in [2.05, 4.69) is 15.1 Å². The van der Waals surface area contributed by atoms with Crippen LogP contribution in [-0.4, -0.2) is 47.9 Å². The molecule has 1 N–H and O–H groups in total. The van der Waals surface area contributed by atoms with Crippen LogP contribution in [0.25, 0.3) is 0 Å². The molecule has 0 bridgehead atoms. The molecule has 1 aliphatic rings. The minimum atomic E-state index is -0.235. The Morgan fingerprint density at radius 1 is 1.24 bits per heavy atom. The molecule has 25 heavy (non-hydrogen) atoms. The summed E-state index contributed by atoms with van der Waals surface area (Å²) >= 11 is 12.1. The molecule has 1 aromatic carbocycles. The molecule has 1 aliphatic heterocycles. The predicted octanol–water partition coefficient (Wildman–Crippen LogP) is 3.73. The summed E-state index contributed by atoms with van der Waals surface area (Å²) in [5.41, 5.74) is 0.544. The van der Waals surface area contributed by atoms with Gasteiger partial charge in [-0.3, -0.25) is 14.6 Å². The van der Waals surface area contributed by atoms with Crippen LogP contribution in [0.2, 0.25) is 10.0 Å². The normalized spacial score (nSPS) is 17.4. The Morgan fingerprint density at radius 2 is 2.00 bits per heavy atom. The first-order valence-electron chi connectivity index (χ1n) is 8.27. The van der Waals surface area contributed by atoms with E-state index in [4.69, 9.17) is 27.6 Å². The molecule has 134 valence electrons. The number of nitrogens with one attached hydrogen (secondary N) is 1. The average Bonchev–Trinajstić information content (AvgIpc) is 3.11. The van der Waals surface area contributed by atoms with Gasteiger partial charge in [0.15, 0.2) is 0 Å². The quantitative estimate of drug-likeness (QED) is 0.856. The number of halogens is 2. The van der Waals surface area contributed by atoms with Crippen molar-refractivity contribution in [1.29, 1.82) is 0 Å². The lowest BCUT2D eigenvalue weighted by atomic mass is 10.2. The van der Waals surface area contributed by atoms with Gasteiger partial charge in [-0.1, -0.05) is 23.2 Å². The van der Waals surface area contributed by atoms with E-state index in [0.717, 1.165) is 38.5 Å². The van der Waals surface area contributed by atoms with Gasteiger partial charge >= 0.3 is 0 Å². The Labute approximate surface area is 157 Å². The molecule has 1 aromatic heterocycles. The van der Waals surface area contributed by atoms with E-state index in [1.54, 1.807) is 24.5 Å². The fourth-order valence-corrected chi connectivity index (χ4v) is 3.26. The first-order chi connectivity index (χ1) is 12.0. The van der Waals surface area contributed by atoms with Crippen LogP contribution < -0.4 is 5.32 Å². The molecule has 1 saturated heterocycles. The Bertz CT molecular complexity index is 713. The van der Waals surface area contributed by atoms with Crippen molar-refractivity contribution in [3.63, 3.8) is 0 Å². The van der Waals surface area contributed by atoms with Crippen LogP contribution in [0.5, 0.6) is 0 Å². The van der Waals surface area contributed by atoms with Crippen molar-refractivity contribution >= 4 is 34.8 Å². The number of anilines is 1. The maximum absolute atomic E-state index is 12.5. The zero-order chi connectivity index (χ0) is 17.8. The first-order valence-corrected chi connectivity index (χ1v) is 9.03. The summed E-state index contributed by atoms with van der Waals surface area (Å²) in [6.07, 6.45) is 1.69. The number of hydrogen-bond donors (Lipinski definition) is 1. The van der Waals surface area contributed by atoms with Gasteiger partial charge in [-0.15, -0.1) is 0 Å². The van der Waals surface area contributed by atoms with Crippen LogP contribution in [0.1, 0.15) is 12.7 Å². The lowest BCUT2D eigenvalue weighted by Gasteiger charge is -2.37. The van der Waals surface area contributed by atoms with Gasteiger partial charge in [0.05, 0.1) is 29.6 Å². The molecule has 0 spiro atoms. The van der Waals surface area contributed by atoms with E-state index in [0.29, 0.717) is 15.7 Å². The molecular formula is C18H21Cl2N3O2. The van der Waals surface area contributed by atoms with Crippen LogP contribution in [0.4, 0.5) is 5.69 Å². The molecule has 2 aromatic rings. The van der Waals surface area contributed by atoms with E-state index in [1.165, 1.54) is 0 Å². The minimum absolute atomic E-state index is 0.0800. The third-order valence-electron chi connectivity index (χ3n) is 4.48. The third-order valence-corrected chi connectivity index (χ3v) is 5.04. The number of nitrogens with zero attached hydrogens (tertiary/aromatic N) is 2. The number of benzene rings is 1. The van der Waals surface area contributed by atoms with Gasteiger partial charge in [-0.05, 0) is 37.3 Å². The lowest BCUT2D eigenvalue weighted by Crippen LogP contribution is -2.52. The molecule has 0 saturated carbocycles. The largest absolute Gasteiger partial charge is 0.468 e. The molecule has 0 unspecified atom stereocenters. The number of hydrogen-bond acceptors (Lipinski definition) is 4. The van der Waals surface area contributed by atoms with Crippen LogP contribution in [0.3, 0.4) is 0 Å². The second kappa shape index (κ2) is 8.23. The number of amides is 1. The highest BCUT2D eigenvalue weighted by Gasteiger charge is 2.26. The van der Waals surface area contributed by atoms with E-state index >= 15 is 0 Å². The Hall–Kier alpha value is -1.53. The van der Waals surface area contributed by atoms with Gasteiger partial charge in [0.1, 0.15) is 5.76 Å². The molecule has 2 heterocycles. The van der Waals surface area contributed by atoms with E-state index < -0.39 is 0 Å². The van der Waals surface area contributed by atoms with Crippen molar-refractivity contribution in [2.45, 2.75) is 19.5 Å². The molecule has 1 amide bonds. The van der Waals surface area contributed by atoms with Crippen molar-refractivity contribution in [2.24, 2.45) is 0 Å². The van der Waals surface area contributed by atoms with Crippen LogP contribution in [0, 0.1) is 0 Å². The van der Waals surface area contributed by atoms with Crippen LogP contribution >= 0.6 is 23.2 Å². The summed E-state index contributed by atoms with van der Waals surface area (Å²) < 4.78 is 5.39. The maximum Gasteiger partial charge on any atom is 0.241 e. The van der Waals surface area contributed by atoms with E-state index in [9.17, 15) is 4.79 Å². The van der Waals surface area contributed by atoms with Gasteiger partial charge < -0.3 is 9.73 Å². The molecule has 7 heteroatoms. The minimum Gasteiger partial charge on any atom is -0.468 e. The van der Waals surface area contributed by atoms with Gasteiger partial charge in [-0.25, -0.2) is 0 Å². The third kappa shape index (κ3) is 4.76. The summed E-state index contributed by atoms with van der Waals surface area (Å²) in [6, 6.07) is 8.69. The van der Waals surface area contributed by atoms with Gasteiger partial charge in [0.25, 0.3) is 0 Å². The smallest absolute Gasteiger partial charge is 0.241 e. The Morgan fingerprint density at radius 3 is 2.68 bits per heavy atom. The average molecular weight is 382 g/mol. The maximum atomic E-state index is 12.5. The lowest BCUT2D eigenvalue weighted by molar-refractivity contribution is -0.121. The van der Waals surface area contributed by atoms with Gasteiger partial charge in [-0.2, -0.15) is 0 Å². The highest BCUT2D eigenvalue weighted by atomic mass is 35.5. The number of piperazine rings is 1. The van der Waals surface area contributed by atoms with Gasteiger partial charge in [0.2, 0.25) is 5.91 Å². The number of rotatable bonds is 5. The molecular weight excluding hydrogens is 361 g/mol. The van der Waals surface area contributed by atoms with E-state index in [-0.39, 0.29) is 11.9 Å². The van der Waals surface area contributed by atoms with Crippen molar-refractivity contribution in [3.05, 3.63) is 52.4 Å². The molecule has 3 rings (SSSR count). The number of carbonyl (C=O) groups excluding carboxylic acids is 1. The summed E-state index contributed by atoms with van der Waals surface area (Å²) in [5.74, 6) is 0.887. The van der Waals surface area contributed by atoms with Gasteiger partial charge in [0, 0.05) is 31.2 Å². The SMILES string of the molecule is C[C@@H](C(=O)Nc1cc(Cl)ccc1Cl)N1CCN(Cc2ccco2)CC1. The zero-order valence-corrected chi connectivity index (χ0v) is 15.6. The van der Waals surface area contributed by atoms with Crippen molar-refractivity contribution in [3.8, 4) is 0 Å². The molecule has 0 aliphatic carbocycles. The molecule has 0 radical (unpaired) electrons. The summed E-state index contributed by atoms with van der Waals surface area (Å²) in [7, 11) is 0. The zero-order valence-electron chi connectivity index (χ0n) is 14.0. The topological polar surface area (TPSA) is 48.7 Å².